The van der Waals surface area contributed by atoms with Gasteiger partial charge in [-0.15, -0.1) is 0 Å². The van der Waals surface area contributed by atoms with Crippen molar-refractivity contribution in [3.8, 4) is 0 Å². The Hall–Kier alpha value is -2.60. The summed E-state index contributed by atoms with van der Waals surface area (Å²) in [5.41, 5.74) is 0.475. The molecule has 1 aromatic carbocycles. The molecule has 0 bridgehead atoms. The molecule has 0 spiro atoms. The van der Waals surface area contributed by atoms with Crippen molar-refractivity contribution in [1.82, 2.24) is 5.32 Å². The number of hydrogen-bond donors (Lipinski definition) is 3. The van der Waals surface area contributed by atoms with E-state index >= 15 is 0 Å². The van der Waals surface area contributed by atoms with Gasteiger partial charge >= 0.3 is 0 Å². The van der Waals surface area contributed by atoms with E-state index in [0.29, 0.717) is 34.7 Å². The van der Waals surface area contributed by atoms with Gasteiger partial charge in [0.2, 0.25) is 6.41 Å². The molecule has 1 aromatic heterocycles. The third-order valence-electron chi connectivity index (χ3n) is 3.59. The summed E-state index contributed by atoms with van der Waals surface area (Å²) in [5, 5.41) is 15.8. The number of nitrogens with one attached hydrogen (secondary N) is 2. The molecule has 1 atom stereocenters. The summed E-state index contributed by atoms with van der Waals surface area (Å²) in [6, 6.07) is 8.23. The highest BCUT2D eigenvalue weighted by Gasteiger charge is 2.28. The Balaban J connectivity index is 2.03. The van der Waals surface area contributed by atoms with Gasteiger partial charge in [-0.25, -0.2) is 0 Å². The second kappa shape index (κ2) is 6.66. The first-order valence-electron chi connectivity index (χ1n) is 7.22. The number of hydrogen-bond acceptors (Lipinski definition) is 4. The van der Waals surface area contributed by atoms with E-state index in [1.807, 2.05) is 0 Å². The van der Waals surface area contributed by atoms with Crippen LogP contribution in [0, 0.1) is 13.8 Å². The monoisotopic (exact) mass is 316 g/mol. The van der Waals surface area contributed by atoms with Crippen LogP contribution in [0.25, 0.3) is 0 Å². The number of benzene rings is 1. The molecule has 0 saturated carbocycles. The van der Waals surface area contributed by atoms with Crippen LogP contribution in [0.3, 0.4) is 0 Å². The van der Waals surface area contributed by atoms with E-state index in [4.69, 9.17) is 4.42 Å². The zero-order valence-electron chi connectivity index (χ0n) is 13.3. The van der Waals surface area contributed by atoms with Crippen molar-refractivity contribution in [2.75, 3.05) is 11.9 Å². The highest BCUT2D eigenvalue weighted by molar-refractivity contribution is 5.94. The lowest BCUT2D eigenvalue weighted by molar-refractivity contribution is -0.105. The van der Waals surface area contributed by atoms with Crippen LogP contribution in [-0.4, -0.2) is 24.0 Å². The molecule has 1 heterocycles. The van der Waals surface area contributed by atoms with Crippen molar-refractivity contribution in [2.24, 2.45) is 0 Å². The lowest BCUT2D eigenvalue weighted by Gasteiger charge is -2.23. The summed E-state index contributed by atoms with van der Waals surface area (Å²) in [7, 11) is 0. The molecule has 0 aliphatic carbocycles. The number of amides is 2. The summed E-state index contributed by atoms with van der Waals surface area (Å²) in [6.07, 6.45) is 0.571. The molecular weight excluding hydrogens is 296 g/mol. The van der Waals surface area contributed by atoms with Crippen LogP contribution < -0.4 is 10.6 Å². The molecular formula is C17H20N2O4. The second-order valence-electron chi connectivity index (χ2n) is 5.62. The van der Waals surface area contributed by atoms with E-state index in [1.54, 1.807) is 51.1 Å². The minimum Gasteiger partial charge on any atom is -0.466 e. The maximum atomic E-state index is 12.1. The van der Waals surface area contributed by atoms with E-state index < -0.39 is 5.60 Å². The van der Waals surface area contributed by atoms with E-state index in [1.165, 1.54) is 0 Å². The predicted molar refractivity (Wildman–Crippen MR) is 86.2 cm³/mol. The fourth-order valence-corrected chi connectivity index (χ4v) is 2.40. The standard InChI is InChI=1S/C17H20N2O4/c1-11-8-15(12(2)23-11)17(3,22)9-18-16(21)13-4-6-14(7-5-13)19-10-20/h4-8,10,22H,9H2,1-3H3,(H,18,21)(H,19,20). The molecule has 0 radical (unpaired) electrons. The quantitative estimate of drug-likeness (QED) is 0.712. The number of anilines is 1. The Morgan fingerprint density at radius 2 is 1.96 bits per heavy atom. The zero-order chi connectivity index (χ0) is 17.0. The molecule has 2 rings (SSSR count). The maximum absolute atomic E-state index is 12.1. The van der Waals surface area contributed by atoms with Crippen molar-refractivity contribution < 1.29 is 19.1 Å². The zero-order valence-corrected chi connectivity index (χ0v) is 13.3. The molecule has 23 heavy (non-hydrogen) atoms. The Labute approximate surface area is 134 Å². The van der Waals surface area contributed by atoms with Crippen LogP contribution in [0.15, 0.2) is 34.7 Å². The Kier molecular flexibility index (Phi) is 4.86. The highest BCUT2D eigenvalue weighted by Crippen LogP contribution is 2.26. The third-order valence-corrected chi connectivity index (χ3v) is 3.59. The van der Waals surface area contributed by atoms with Crippen LogP contribution in [0.2, 0.25) is 0 Å². The molecule has 2 amide bonds. The summed E-state index contributed by atoms with van der Waals surface area (Å²) in [5.74, 6) is 1.04. The first-order valence-corrected chi connectivity index (χ1v) is 7.22. The molecule has 1 unspecified atom stereocenters. The van der Waals surface area contributed by atoms with Gasteiger partial charge in [-0.05, 0) is 51.1 Å². The van der Waals surface area contributed by atoms with E-state index in [2.05, 4.69) is 10.6 Å². The number of carbonyl (C=O) groups excluding carboxylic acids is 2. The summed E-state index contributed by atoms with van der Waals surface area (Å²) >= 11 is 0. The van der Waals surface area contributed by atoms with Gasteiger partial charge in [0.25, 0.3) is 5.91 Å². The van der Waals surface area contributed by atoms with Crippen LogP contribution in [0.4, 0.5) is 5.69 Å². The minimum absolute atomic E-state index is 0.0555. The average molecular weight is 316 g/mol. The van der Waals surface area contributed by atoms with Gasteiger partial charge in [0.1, 0.15) is 17.1 Å². The molecule has 6 heteroatoms. The summed E-state index contributed by atoms with van der Waals surface area (Å²) < 4.78 is 5.42. The topological polar surface area (TPSA) is 91.6 Å². The number of rotatable bonds is 6. The van der Waals surface area contributed by atoms with E-state index in [-0.39, 0.29) is 12.5 Å². The predicted octanol–water partition coefficient (Wildman–Crippen LogP) is 2.10. The first-order chi connectivity index (χ1) is 10.8. The van der Waals surface area contributed by atoms with Gasteiger partial charge in [0, 0.05) is 16.8 Å². The van der Waals surface area contributed by atoms with Crippen LogP contribution in [-0.2, 0) is 10.4 Å². The molecule has 0 saturated heterocycles. The van der Waals surface area contributed by atoms with Gasteiger partial charge in [-0.2, -0.15) is 0 Å². The fourth-order valence-electron chi connectivity index (χ4n) is 2.40. The molecule has 2 aromatic rings. The highest BCUT2D eigenvalue weighted by atomic mass is 16.3. The Morgan fingerprint density at radius 3 is 2.48 bits per heavy atom. The van der Waals surface area contributed by atoms with Crippen molar-refractivity contribution >= 4 is 18.0 Å². The lowest BCUT2D eigenvalue weighted by atomic mass is 9.96. The molecule has 3 N–H and O–H groups in total. The van der Waals surface area contributed by atoms with Crippen molar-refractivity contribution in [1.29, 1.82) is 0 Å². The van der Waals surface area contributed by atoms with Gasteiger partial charge in [-0.3, -0.25) is 9.59 Å². The minimum atomic E-state index is -1.23. The molecule has 0 aliphatic rings. The normalized spacial score (nSPS) is 13.2. The molecule has 6 nitrogen and oxygen atoms in total. The van der Waals surface area contributed by atoms with Gasteiger partial charge in [0.15, 0.2) is 0 Å². The number of carbonyl (C=O) groups is 2. The second-order valence-corrected chi connectivity index (χ2v) is 5.62. The number of aliphatic hydroxyl groups is 1. The molecule has 0 fully saturated rings. The van der Waals surface area contributed by atoms with Crippen LogP contribution in [0.1, 0.15) is 34.4 Å². The van der Waals surface area contributed by atoms with Crippen molar-refractivity contribution in [3.05, 3.63) is 53.0 Å². The fraction of sp³-hybridized carbons (Fsp3) is 0.294. The van der Waals surface area contributed by atoms with Gasteiger partial charge in [0.05, 0.1) is 6.54 Å². The van der Waals surface area contributed by atoms with Gasteiger partial charge < -0.3 is 20.2 Å². The van der Waals surface area contributed by atoms with Gasteiger partial charge in [-0.1, -0.05) is 0 Å². The SMILES string of the molecule is Cc1cc(C(C)(O)CNC(=O)c2ccc(NC=O)cc2)c(C)o1. The van der Waals surface area contributed by atoms with E-state index in [0.717, 1.165) is 0 Å². The number of aryl methyl sites for hydroxylation is 2. The van der Waals surface area contributed by atoms with Crippen LogP contribution >= 0.6 is 0 Å². The lowest BCUT2D eigenvalue weighted by Crippen LogP contribution is -2.38. The molecule has 122 valence electrons. The van der Waals surface area contributed by atoms with E-state index in [9.17, 15) is 14.7 Å². The largest absolute Gasteiger partial charge is 0.466 e. The summed E-state index contributed by atoms with van der Waals surface area (Å²) in [4.78, 5) is 22.5. The third kappa shape index (κ3) is 3.98. The molecule has 0 aliphatic heterocycles. The van der Waals surface area contributed by atoms with Crippen molar-refractivity contribution in [3.63, 3.8) is 0 Å². The van der Waals surface area contributed by atoms with Crippen molar-refractivity contribution in [2.45, 2.75) is 26.4 Å². The average Bonchev–Trinajstić information content (AvgIpc) is 2.85. The van der Waals surface area contributed by atoms with Crippen LogP contribution in [0.5, 0.6) is 0 Å². The first kappa shape index (κ1) is 16.8. The Bertz CT molecular complexity index is 702. The number of furan rings is 1. The smallest absolute Gasteiger partial charge is 0.251 e. The Morgan fingerprint density at radius 1 is 1.30 bits per heavy atom. The maximum Gasteiger partial charge on any atom is 0.251 e. The summed E-state index contributed by atoms with van der Waals surface area (Å²) in [6.45, 7) is 5.26.